The van der Waals surface area contributed by atoms with E-state index in [9.17, 15) is 14.3 Å². The van der Waals surface area contributed by atoms with Crippen molar-refractivity contribution >= 4 is 28.3 Å². The van der Waals surface area contributed by atoms with E-state index in [4.69, 9.17) is 9.97 Å². The monoisotopic (exact) mass is 564 g/mol. The molecular formula is C28H36N8O3S. The van der Waals surface area contributed by atoms with Gasteiger partial charge in [-0.3, -0.25) is 14.3 Å². The Balaban J connectivity index is 1.08. The van der Waals surface area contributed by atoms with E-state index in [1.54, 1.807) is 7.05 Å². The van der Waals surface area contributed by atoms with E-state index in [2.05, 4.69) is 43.9 Å². The molecule has 2 saturated heterocycles. The summed E-state index contributed by atoms with van der Waals surface area (Å²) in [6.07, 6.45) is 6.93. The molecule has 3 fully saturated rings. The maximum Gasteiger partial charge on any atom is 0.274 e. The van der Waals surface area contributed by atoms with Crippen LogP contribution in [0.1, 0.15) is 36.1 Å². The molecule has 2 unspecified atom stereocenters. The summed E-state index contributed by atoms with van der Waals surface area (Å²) >= 11 is 0. The summed E-state index contributed by atoms with van der Waals surface area (Å²) in [6.45, 7) is 4.47. The minimum atomic E-state index is -1.13. The molecule has 1 aromatic carbocycles. The molecule has 7 rings (SSSR count). The van der Waals surface area contributed by atoms with Crippen LogP contribution >= 0.6 is 0 Å². The molecule has 3 aliphatic heterocycles. The highest BCUT2D eigenvalue weighted by molar-refractivity contribution is 7.85. The van der Waals surface area contributed by atoms with Crippen molar-refractivity contribution < 1.29 is 9.13 Å². The Morgan fingerprint density at radius 2 is 1.88 bits per heavy atom. The predicted molar refractivity (Wildman–Crippen MR) is 155 cm³/mol. The second kappa shape index (κ2) is 9.90. The minimum absolute atomic E-state index is 0.308. The van der Waals surface area contributed by atoms with Crippen molar-refractivity contribution in [3.63, 3.8) is 0 Å². The van der Waals surface area contributed by atoms with E-state index >= 15 is 0 Å². The van der Waals surface area contributed by atoms with Gasteiger partial charge in [0.1, 0.15) is 10.7 Å². The number of nitro groups is 1. The Morgan fingerprint density at radius 3 is 2.50 bits per heavy atom. The van der Waals surface area contributed by atoms with Crippen molar-refractivity contribution in [1.82, 2.24) is 20.6 Å². The zero-order chi connectivity index (χ0) is 27.4. The van der Waals surface area contributed by atoms with Crippen molar-refractivity contribution in [2.75, 3.05) is 60.6 Å². The van der Waals surface area contributed by atoms with Gasteiger partial charge in [0, 0.05) is 69.5 Å². The van der Waals surface area contributed by atoms with Gasteiger partial charge in [-0.05, 0) is 55.4 Å². The Bertz CT molecular complexity index is 1400. The van der Waals surface area contributed by atoms with Crippen LogP contribution in [0, 0.1) is 22.0 Å². The largest absolute Gasteiger partial charge is 0.371 e. The van der Waals surface area contributed by atoms with E-state index in [-0.39, 0.29) is 5.54 Å². The number of benzene rings is 1. The zero-order valence-electron chi connectivity index (χ0n) is 22.8. The number of rotatable bonds is 9. The fraction of sp³-hybridized carbons (Fsp3) is 0.571. The van der Waals surface area contributed by atoms with E-state index in [0.29, 0.717) is 42.2 Å². The first kappa shape index (κ1) is 25.6. The second-order valence-corrected chi connectivity index (χ2v) is 13.4. The lowest BCUT2D eigenvalue weighted by molar-refractivity contribution is -0.404. The number of aryl methyl sites for hydroxylation is 3. The molecule has 2 aliphatic carbocycles. The summed E-state index contributed by atoms with van der Waals surface area (Å²) in [7, 11) is 0.528. The third-order valence-corrected chi connectivity index (χ3v) is 10.9. The van der Waals surface area contributed by atoms with Gasteiger partial charge in [-0.1, -0.05) is 6.07 Å². The quantitative estimate of drug-likeness (QED) is 0.307. The van der Waals surface area contributed by atoms with Crippen molar-refractivity contribution in [3.8, 4) is 0 Å². The number of hydrogen-bond acceptors (Lipinski definition) is 10. The summed E-state index contributed by atoms with van der Waals surface area (Å²) in [5.41, 5.74) is 4.95. The third-order valence-electron chi connectivity index (χ3n) is 9.48. The molecule has 4 heterocycles. The number of anilines is 3. The van der Waals surface area contributed by atoms with E-state index in [1.807, 2.05) is 0 Å². The standard InChI is InChI=1S/C28H36N8O3S/c1-29-24(16-36(37)38)30-17-28(8-2-9-28)33-26-25-23(7-10-40(25)39)31-27(32-26)35-14-20-12-34(13-21(20)15-35)22-6-5-18-3-4-19(18)11-22/h5-6,11,16,20-21,29-30H,2-4,7-10,12-15,17H2,1H3,(H,31,32,33)/b24-16+/t20?,21?,40-/m0/s1. The van der Waals surface area contributed by atoms with Crippen molar-refractivity contribution in [1.29, 1.82) is 0 Å². The van der Waals surface area contributed by atoms with Gasteiger partial charge in [0.15, 0.2) is 5.82 Å². The third kappa shape index (κ3) is 4.55. The average molecular weight is 565 g/mol. The normalized spacial score (nSPS) is 25.9. The molecule has 5 aliphatic rings. The van der Waals surface area contributed by atoms with Crippen molar-refractivity contribution in [2.45, 2.75) is 49.0 Å². The first-order valence-electron chi connectivity index (χ1n) is 14.4. The number of fused-ring (bicyclic) bond motifs is 3. The molecule has 0 bridgehead atoms. The number of nitrogens with zero attached hydrogens (tertiary/aromatic N) is 5. The molecule has 3 N–H and O–H groups in total. The summed E-state index contributed by atoms with van der Waals surface area (Å²) in [5, 5.41) is 20.6. The molecular weight excluding hydrogens is 528 g/mol. The smallest absolute Gasteiger partial charge is 0.274 e. The molecule has 2 aromatic rings. The van der Waals surface area contributed by atoms with Gasteiger partial charge in [0.2, 0.25) is 5.95 Å². The van der Waals surface area contributed by atoms with Crippen LogP contribution in [0.3, 0.4) is 0 Å². The lowest BCUT2D eigenvalue weighted by Gasteiger charge is -2.43. The maximum absolute atomic E-state index is 13.0. The van der Waals surface area contributed by atoms with Gasteiger partial charge in [-0.15, -0.1) is 0 Å². The van der Waals surface area contributed by atoms with Crippen LogP contribution < -0.4 is 25.8 Å². The predicted octanol–water partition coefficient (Wildman–Crippen LogP) is 2.03. The molecule has 0 spiro atoms. The molecule has 3 atom stereocenters. The van der Waals surface area contributed by atoms with Crippen LogP contribution in [0.4, 0.5) is 17.5 Å². The van der Waals surface area contributed by atoms with Gasteiger partial charge in [0.25, 0.3) is 6.20 Å². The van der Waals surface area contributed by atoms with Crippen LogP contribution in [0.5, 0.6) is 0 Å². The van der Waals surface area contributed by atoms with Crippen LogP contribution in [0.15, 0.2) is 35.1 Å². The molecule has 40 heavy (non-hydrogen) atoms. The van der Waals surface area contributed by atoms with E-state index in [0.717, 1.165) is 68.2 Å². The highest BCUT2D eigenvalue weighted by Crippen LogP contribution is 2.41. The molecule has 1 saturated carbocycles. The van der Waals surface area contributed by atoms with Crippen molar-refractivity contribution in [2.24, 2.45) is 11.8 Å². The molecule has 1 aromatic heterocycles. The Labute approximate surface area is 236 Å². The molecule has 212 valence electrons. The van der Waals surface area contributed by atoms with Gasteiger partial charge >= 0.3 is 0 Å². The molecule has 11 nitrogen and oxygen atoms in total. The van der Waals surface area contributed by atoms with Gasteiger partial charge in [-0.2, -0.15) is 4.98 Å². The van der Waals surface area contributed by atoms with Gasteiger partial charge < -0.3 is 25.8 Å². The summed E-state index contributed by atoms with van der Waals surface area (Å²) in [6, 6.07) is 6.97. The van der Waals surface area contributed by atoms with Crippen molar-refractivity contribution in [3.05, 3.63) is 57.2 Å². The van der Waals surface area contributed by atoms with Crippen LogP contribution in [-0.2, 0) is 30.1 Å². The number of aromatic nitrogens is 2. The maximum atomic E-state index is 13.0. The van der Waals surface area contributed by atoms with E-state index < -0.39 is 15.7 Å². The Morgan fingerprint density at radius 1 is 1.12 bits per heavy atom. The molecule has 12 heteroatoms. The summed E-state index contributed by atoms with van der Waals surface area (Å²) in [4.78, 5) is 26.0. The highest BCUT2D eigenvalue weighted by atomic mass is 32.2. The van der Waals surface area contributed by atoms with E-state index in [1.165, 1.54) is 29.7 Å². The first-order chi connectivity index (χ1) is 19.4. The fourth-order valence-electron chi connectivity index (χ4n) is 6.92. The Hall–Kier alpha value is -3.41. The average Bonchev–Trinajstić information content (AvgIpc) is 3.58. The second-order valence-electron chi connectivity index (χ2n) is 11.9. The first-order valence-corrected chi connectivity index (χ1v) is 15.7. The molecule has 0 amide bonds. The number of nitrogens with one attached hydrogen (secondary N) is 3. The lowest BCUT2D eigenvalue weighted by atomic mass is 9.76. The van der Waals surface area contributed by atoms with Gasteiger partial charge in [-0.25, -0.2) is 4.98 Å². The topological polar surface area (TPSA) is 129 Å². The number of hydrogen-bond donors (Lipinski definition) is 3. The van der Waals surface area contributed by atoms with Crippen LogP contribution in [0.2, 0.25) is 0 Å². The van der Waals surface area contributed by atoms with Crippen LogP contribution in [-0.4, -0.2) is 70.2 Å². The van der Waals surface area contributed by atoms with Gasteiger partial charge in [0.05, 0.1) is 27.0 Å². The lowest BCUT2D eigenvalue weighted by Crippen LogP contribution is -2.53. The summed E-state index contributed by atoms with van der Waals surface area (Å²) < 4.78 is 13.0. The fourth-order valence-corrected chi connectivity index (χ4v) is 8.23. The summed E-state index contributed by atoms with van der Waals surface area (Å²) in [5.74, 6) is 3.48. The van der Waals surface area contributed by atoms with Crippen LogP contribution in [0.25, 0.3) is 0 Å². The zero-order valence-corrected chi connectivity index (χ0v) is 23.6. The Kier molecular flexibility index (Phi) is 6.32. The highest BCUT2D eigenvalue weighted by Gasteiger charge is 2.43. The SMILES string of the molecule is CN/C(=C\[N+](=O)[O-])NCC1(Nc2nc(N3CC4CN(c5ccc6c(c5)CC6)CC4C3)nc3c2[S@@](=O)CC3)CCC1. The molecule has 0 radical (unpaired) electrons. The minimum Gasteiger partial charge on any atom is -0.371 e.